The zero-order valence-electron chi connectivity index (χ0n) is 9.18. The Morgan fingerprint density at radius 3 is 2.67 bits per heavy atom. The molecule has 2 aromatic heterocycles. The Bertz CT molecular complexity index is 472. The van der Waals surface area contributed by atoms with Crippen LogP contribution in [0.4, 0.5) is 0 Å². The van der Waals surface area contributed by atoms with Gasteiger partial charge in [-0.05, 0) is 26.8 Å². The lowest BCUT2D eigenvalue weighted by Crippen LogP contribution is -2.15. The average Bonchev–Trinajstić information content (AvgIpc) is 2.56. The highest BCUT2D eigenvalue weighted by Gasteiger charge is 2.16. The SMILES string of the molecule is CC(C)n1c([C@H](C)N)nc2ccnnc21. The third kappa shape index (κ3) is 1.59. The zero-order valence-corrected chi connectivity index (χ0v) is 9.18. The minimum Gasteiger partial charge on any atom is -0.322 e. The minimum atomic E-state index is -0.0957. The van der Waals surface area contributed by atoms with Crippen LogP contribution < -0.4 is 5.73 Å². The van der Waals surface area contributed by atoms with Gasteiger partial charge in [0.1, 0.15) is 11.3 Å². The molecule has 0 aliphatic carbocycles. The van der Waals surface area contributed by atoms with E-state index < -0.39 is 0 Å². The predicted molar refractivity (Wildman–Crippen MR) is 58.3 cm³/mol. The Labute approximate surface area is 88.3 Å². The molecule has 5 nitrogen and oxygen atoms in total. The van der Waals surface area contributed by atoms with Gasteiger partial charge in [-0.25, -0.2) is 4.98 Å². The second kappa shape index (κ2) is 3.58. The van der Waals surface area contributed by atoms with Crippen LogP contribution in [0.2, 0.25) is 0 Å². The van der Waals surface area contributed by atoms with Crippen LogP contribution in [0.1, 0.15) is 38.7 Å². The van der Waals surface area contributed by atoms with Gasteiger partial charge in [-0.3, -0.25) is 0 Å². The Morgan fingerprint density at radius 1 is 1.33 bits per heavy atom. The summed E-state index contributed by atoms with van der Waals surface area (Å²) < 4.78 is 2.03. The van der Waals surface area contributed by atoms with Gasteiger partial charge in [0.2, 0.25) is 0 Å². The lowest BCUT2D eigenvalue weighted by atomic mass is 10.3. The van der Waals surface area contributed by atoms with Crippen molar-refractivity contribution in [3.63, 3.8) is 0 Å². The molecule has 2 rings (SSSR count). The van der Waals surface area contributed by atoms with Crippen LogP contribution in [0.5, 0.6) is 0 Å². The van der Waals surface area contributed by atoms with Crippen LogP contribution in [0.25, 0.3) is 11.2 Å². The van der Waals surface area contributed by atoms with Gasteiger partial charge in [-0.2, -0.15) is 5.10 Å². The monoisotopic (exact) mass is 205 g/mol. The number of hydrogen-bond acceptors (Lipinski definition) is 4. The molecule has 2 aromatic rings. The molecule has 0 spiro atoms. The molecule has 0 saturated carbocycles. The minimum absolute atomic E-state index is 0.0957. The third-order valence-corrected chi connectivity index (χ3v) is 2.31. The fourth-order valence-electron chi connectivity index (χ4n) is 1.69. The molecule has 0 amide bonds. The molecular weight excluding hydrogens is 190 g/mol. The van der Waals surface area contributed by atoms with Crippen molar-refractivity contribution in [2.75, 3.05) is 0 Å². The van der Waals surface area contributed by atoms with Crippen molar-refractivity contribution in [3.05, 3.63) is 18.1 Å². The van der Waals surface area contributed by atoms with Gasteiger partial charge in [-0.15, -0.1) is 5.10 Å². The van der Waals surface area contributed by atoms with E-state index in [1.807, 2.05) is 17.6 Å². The summed E-state index contributed by atoms with van der Waals surface area (Å²) in [6, 6.07) is 2.04. The molecule has 0 aromatic carbocycles. The Morgan fingerprint density at radius 2 is 2.07 bits per heavy atom. The van der Waals surface area contributed by atoms with E-state index in [4.69, 9.17) is 5.73 Å². The van der Waals surface area contributed by atoms with E-state index in [9.17, 15) is 0 Å². The Kier molecular flexibility index (Phi) is 2.40. The van der Waals surface area contributed by atoms with Gasteiger partial charge in [0.25, 0.3) is 0 Å². The van der Waals surface area contributed by atoms with Crippen molar-refractivity contribution in [3.8, 4) is 0 Å². The summed E-state index contributed by atoms with van der Waals surface area (Å²) in [6.07, 6.45) is 1.64. The van der Waals surface area contributed by atoms with Crippen LogP contribution in [0.3, 0.4) is 0 Å². The van der Waals surface area contributed by atoms with E-state index in [-0.39, 0.29) is 12.1 Å². The molecule has 15 heavy (non-hydrogen) atoms. The lowest BCUT2D eigenvalue weighted by molar-refractivity contribution is 0.553. The standard InChI is InChI=1S/C10H15N5/c1-6(2)15-9(7(3)11)13-8-4-5-12-14-10(8)15/h4-7H,11H2,1-3H3/t7-/m0/s1. The maximum Gasteiger partial charge on any atom is 0.182 e. The highest BCUT2D eigenvalue weighted by atomic mass is 15.2. The number of nitrogens with zero attached hydrogens (tertiary/aromatic N) is 4. The number of nitrogens with two attached hydrogens (primary N) is 1. The average molecular weight is 205 g/mol. The summed E-state index contributed by atoms with van der Waals surface area (Å²) in [5, 5.41) is 7.98. The van der Waals surface area contributed by atoms with Crippen molar-refractivity contribution in [1.29, 1.82) is 0 Å². The smallest absolute Gasteiger partial charge is 0.182 e. The largest absolute Gasteiger partial charge is 0.322 e. The quantitative estimate of drug-likeness (QED) is 0.805. The highest BCUT2D eigenvalue weighted by Crippen LogP contribution is 2.21. The van der Waals surface area contributed by atoms with Crippen LogP contribution in [0, 0.1) is 0 Å². The fraction of sp³-hybridized carbons (Fsp3) is 0.500. The third-order valence-electron chi connectivity index (χ3n) is 2.31. The molecule has 0 saturated heterocycles. The first-order valence-corrected chi connectivity index (χ1v) is 5.06. The lowest BCUT2D eigenvalue weighted by Gasteiger charge is -2.13. The first-order valence-electron chi connectivity index (χ1n) is 5.06. The molecule has 0 aliphatic heterocycles. The fourth-order valence-corrected chi connectivity index (χ4v) is 1.69. The number of fused-ring (bicyclic) bond motifs is 1. The second-order valence-corrected chi connectivity index (χ2v) is 3.96. The molecular formula is C10H15N5. The van der Waals surface area contributed by atoms with Gasteiger partial charge < -0.3 is 10.3 Å². The van der Waals surface area contributed by atoms with Crippen molar-refractivity contribution in [2.45, 2.75) is 32.9 Å². The van der Waals surface area contributed by atoms with Crippen LogP contribution in [0.15, 0.2) is 12.3 Å². The highest BCUT2D eigenvalue weighted by molar-refractivity contribution is 5.70. The van der Waals surface area contributed by atoms with Crippen molar-refractivity contribution >= 4 is 11.2 Å². The zero-order chi connectivity index (χ0) is 11.0. The van der Waals surface area contributed by atoms with E-state index >= 15 is 0 Å². The summed E-state index contributed by atoms with van der Waals surface area (Å²) >= 11 is 0. The van der Waals surface area contributed by atoms with Gasteiger partial charge in [0.15, 0.2) is 5.65 Å². The molecule has 0 unspecified atom stereocenters. The molecule has 5 heteroatoms. The summed E-state index contributed by atoms with van der Waals surface area (Å²) in [7, 11) is 0. The molecule has 0 radical (unpaired) electrons. The molecule has 0 aliphatic rings. The summed E-state index contributed by atoms with van der Waals surface area (Å²) in [4.78, 5) is 4.47. The number of rotatable bonds is 2. The van der Waals surface area contributed by atoms with Crippen LogP contribution in [-0.4, -0.2) is 19.7 Å². The second-order valence-electron chi connectivity index (χ2n) is 3.96. The van der Waals surface area contributed by atoms with E-state index in [0.717, 1.165) is 17.0 Å². The van der Waals surface area contributed by atoms with Gasteiger partial charge >= 0.3 is 0 Å². The van der Waals surface area contributed by atoms with Crippen molar-refractivity contribution in [1.82, 2.24) is 19.7 Å². The molecule has 2 heterocycles. The molecule has 2 N–H and O–H groups in total. The molecule has 80 valence electrons. The molecule has 1 atom stereocenters. The normalized spacial score (nSPS) is 13.7. The van der Waals surface area contributed by atoms with E-state index in [2.05, 4.69) is 29.0 Å². The van der Waals surface area contributed by atoms with E-state index in [1.54, 1.807) is 6.20 Å². The maximum absolute atomic E-state index is 5.88. The predicted octanol–water partition coefficient (Wildman–Crippen LogP) is 1.43. The van der Waals surface area contributed by atoms with Crippen molar-refractivity contribution in [2.24, 2.45) is 5.73 Å². The van der Waals surface area contributed by atoms with E-state index in [0.29, 0.717) is 0 Å². The molecule has 0 fully saturated rings. The van der Waals surface area contributed by atoms with Gasteiger partial charge in [0, 0.05) is 6.04 Å². The Hall–Kier alpha value is -1.49. The summed E-state index contributed by atoms with van der Waals surface area (Å²) in [5.41, 5.74) is 7.54. The van der Waals surface area contributed by atoms with Crippen LogP contribution >= 0.6 is 0 Å². The van der Waals surface area contributed by atoms with E-state index in [1.165, 1.54) is 0 Å². The maximum atomic E-state index is 5.88. The molecule has 0 bridgehead atoms. The summed E-state index contributed by atoms with van der Waals surface area (Å²) in [5.74, 6) is 0.862. The summed E-state index contributed by atoms with van der Waals surface area (Å²) in [6.45, 7) is 6.09. The first kappa shape index (κ1) is 10.0. The topological polar surface area (TPSA) is 69.6 Å². The van der Waals surface area contributed by atoms with Gasteiger partial charge in [-0.1, -0.05) is 0 Å². The van der Waals surface area contributed by atoms with Crippen molar-refractivity contribution < 1.29 is 0 Å². The number of hydrogen-bond donors (Lipinski definition) is 1. The first-order chi connectivity index (χ1) is 7.11. The van der Waals surface area contributed by atoms with Crippen LogP contribution in [-0.2, 0) is 0 Å². The number of imidazole rings is 1. The van der Waals surface area contributed by atoms with Gasteiger partial charge in [0.05, 0.1) is 12.2 Å². The number of aromatic nitrogens is 4. The Balaban J connectivity index is 2.75.